The summed E-state index contributed by atoms with van der Waals surface area (Å²) in [5, 5.41) is 8.81. The zero-order valence-electron chi connectivity index (χ0n) is 14.7. The van der Waals surface area contributed by atoms with Crippen LogP contribution in [-0.2, 0) is 4.74 Å². The van der Waals surface area contributed by atoms with Crippen LogP contribution in [0.3, 0.4) is 0 Å². The van der Waals surface area contributed by atoms with E-state index in [1.807, 2.05) is 78.9 Å². The molecule has 3 aromatic carbocycles. The van der Waals surface area contributed by atoms with Crippen LogP contribution in [0.15, 0.2) is 101 Å². The quantitative estimate of drug-likeness (QED) is 0.647. The predicted octanol–water partition coefficient (Wildman–Crippen LogP) is 4.51. The lowest BCUT2D eigenvalue weighted by Gasteiger charge is -2.23. The SMILES string of the molecule is O=C(O[C@H]1CC(c2ccccc2)=NN=C1c1ccccc1)c1ccccc1. The summed E-state index contributed by atoms with van der Waals surface area (Å²) in [6, 6.07) is 28.6. The third kappa shape index (κ3) is 3.85. The molecule has 4 heteroatoms. The Labute approximate surface area is 157 Å². The van der Waals surface area contributed by atoms with Gasteiger partial charge in [0.25, 0.3) is 0 Å². The summed E-state index contributed by atoms with van der Waals surface area (Å²) in [4.78, 5) is 12.6. The highest BCUT2D eigenvalue weighted by Crippen LogP contribution is 2.21. The van der Waals surface area contributed by atoms with Crippen molar-refractivity contribution in [1.29, 1.82) is 0 Å². The van der Waals surface area contributed by atoms with Crippen molar-refractivity contribution in [3.05, 3.63) is 108 Å². The number of rotatable bonds is 4. The lowest BCUT2D eigenvalue weighted by molar-refractivity contribution is 0.0435. The minimum absolute atomic E-state index is 0.362. The van der Waals surface area contributed by atoms with Gasteiger partial charge in [-0.2, -0.15) is 10.2 Å². The molecular weight excluding hydrogens is 336 g/mol. The number of nitrogens with zero attached hydrogens (tertiary/aromatic N) is 2. The Morgan fingerprint density at radius 1 is 0.741 bits per heavy atom. The fraction of sp³-hybridized carbons (Fsp3) is 0.0870. The predicted molar refractivity (Wildman–Crippen MR) is 106 cm³/mol. The van der Waals surface area contributed by atoms with Crippen molar-refractivity contribution in [3.8, 4) is 0 Å². The second-order valence-electron chi connectivity index (χ2n) is 6.23. The minimum atomic E-state index is -0.493. The van der Waals surface area contributed by atoms with E-state index >= 15 is 0 Å². The topological polar surface area (TPSA) is 51.0 Å². The van der Waals surface area contributed by atoms with Gasteiger partial charge in [0, 0.05) is 12.0 Å². The van der Waals surface area contributed by atoms with Crippen molar-refractivity contribution in [2.45, 2.75) is 12.5 Å². The number of benzene rings is 3. The molecule has 0 saturated heterocycles. The van der Waals surface area contributed by atoms with Gasteiger partial charge in [0.2, 0.25) is 0 Å². The molecule has 1 atom stereocenters. The van der Waals surface area contributed by atoms with Crippen LogP contribution < -0.4 is 0 Å². The summed E-state index contributed by atoms with van der Waals surface area (Å²) >= 11 is 0. The van der Waals surface area contributed by atoms with E-state index in [-0.39, 0.29) is 5.97 Å². The number of hydrogen-bond acceptors (Lipinski definition) is 4. The number of carbonyl (C=O) groups is 1. The molecule has 0 amide bonds. The Kier molecular flexibility index (Phi) is 4.88. The molecule has 0 aromatic heterocycles. The second kappa shape index (κ2) is 7.79. The normalized spacial score (nSPS) is 16.2. The Bertz CT molecular complexity index is 979. The van der Waals surface area contributed by atoms with Gasteiger partial charge >= 0.3 is 5.97 Å². The van der Waals surface area contributed by atoms with Crippen LogP contribution in [-0.4, -0.2) is 23.5 Å². The summed E-state index contributed by atoms with van der Waals surface area (Å²) in [6.07, 6.45) is -0.0103. The molecule has 132 valence electrons. The largest absolute Gasteiger partial charge is 0.452 e. The molecule has 4 rings (SSSR count). The van der Waals surface area contributed by atoms with E-state index in [1.165, 1.54) is 0 Å². The molecule has 27 heavy (non-hydrogen) atoms. The van der Waals surface area contributed by atoms with Crippen LogP contribution in [0.5, 0.6) is 0 Å². The molecule has 0 bridgehead atoms. The third-order valence-electron chi connectivity index (χ3n) is 4.40. The first-order chi connectivity index (χ1) is 13.3. The Morgan fingerprint density at radius 3 is 1.93 bits per heavy atom. The molecular formula is C23H18N2O2. The number of ether oxygens (including phenoxy) is 1. The van der Waals surface area contributed by atoms with Crippen molar-refractivity contribution < 1.29 is 9.53 Å². The average Bonchev–Trinajstić information content (AvgIpc) is 2.75. The van der Waals surface area contributed by atoms with E-state index in [4.69, 9.17) is 4.74 Å². The maximum Gasteiger partial charge on any atom is 0.338 e. The molecule has 4 nitrogen and oxygen atoms in total. The van der Waals surface area contributed by atoms with Crippen molar-refractivity contribution in [2.75, 3.05) is 0 Å². The summed E-state index contributed by atoms with van der Waals surface area (Å²) in [5.74, 6) is -0.362. The Balaban J connectivity index is 1.66. The molecule has 0 unspecified atom stereocenters. The smallest absolute Gasteiger partial charge is 0.338 e. The maximum absolute atomic E-state index is 12.6. The van der Waals surface area contributed by atoms with Crippen LogP contribution in [0.25, 0.3) is 0 Å². The monoisotopic (exact) mass is 354 g/mol. The number of hydrogen-bond donors (Lipinski definition) is 0. The molecule has 0 spiro atoms. The van der Waals surface area contributed by atoms with Crippen molar-refractivity contribution in [3.63, 3.8) is 0 Å². The molecule has 0 N–H and O–H groups in total. The van der Waals surface area contributed by atoms with Crippen molar-refractivity contribution in [1.82, 2.24) is 0 Å². The Hall–Kier alpha value is -3.53. The molecule has 0 radical (unpaired) electrons. The van der Waals surface area contributed by atoms with Gasteiger partial charge in [0.05, 0.1) is 11.3 Å². The van der Waals surface area contributed by atoms with E-state index < -0.39 is 6.10 Å². The van der Waals surface area contributed by atoms with Crippen LogP contribution in [0.4, 0.5) is 0 Å². The van der Waals surface area contributed by atoms with E-state index in [1.54, 1.807) is 12.1 Å². The zero-order valence-corrected chi connectivity index (χ0v) is 14.7. The van der Waals surface area contributed by atoms with Crippen LogP contribution in [0.1, 0.15) is 27.9 Å². The molecule has 1 aliphatic rings. The van der Waals surface area contributed by atoms with Crippen LogP contribution in [0.2, 0.25) is 0 Å². The molecule has 1 aliphatic heterocycles. The molecule has 3 aromatic rings. The molecule has 0 aliphatic carbocycles. The summed E-state index contributed by atoms with van der Waals surface area (Å²) < 4.78 is 5.85. The standard InChI is InChI=1S/C23H18N2O2/c26-23(19-14-8-3-9-15-19)27-21-16-20(17-10-4-1-5-11-17)24-25-22(21)18-12-6-2-7-13-18/h1-15,21H,16H2/t21-/m0/s1. The zero-order chi connectivity index (χ0) is 18.5. The lowest BCUT2D eigenvalue weighted by Crippen LogP contribution is -2.33. The number of esters is 1. The average molecular weight is 354 g/mol. The van der Waals surface area contributed by atoms with Gasteiger partial charge in [-0.25, -0.2) is 4.79 Å². The maximum atomic E-state index is 12.6. The Morgan fingerprint density at radius 2 is 1.30 bits per heavy atom. The highest BCUT2D eigenvalue weighted by molar-refractivity contribution is 6.12. The van der Waals surface area contributed by atoms with Gasteiger partial charge in [-0.05, 0) is 17.7 Å². The van der Waals surface area contributed by atoms with Crippen LogP contribution in [0, 0.1) is 0 Å². The first-order valence-corrected chi connectivity index (χ1v) is 8.82. The van der Waals surface area contributed by atoms with Gasteiger partial charge < -0.3 is 4.74 Å². The van der Waals surface area contributed by atoms with Gasteiger partial charge in [0.1, 0.15) is 5.71 Å². The third-order valence-corrected chi connectivity index (χ3v) is 4.40. The van der Waals surface area contributed by atoms with E-state index in [0.29, 0.717) is 17.7 Å². The first kappa shape index (κ1) is 16.9. The molecule has 1 heterocycles. The van der Waals surface area contributed by atoms with E-state index in [9.17, 15) is 4.79 Å². The van der Waals surface area contributed by atoms with Crippen molar-refractivity contribution >= 4 is 17.4 Å². The summed E-state index contributed by atoms with van der Waals surface area (Å²) in [6.45, 7) is 0. The molecule has 0 fully saturated rings. The first-order valence-electron chi connectivity index (χ1n) is 8.82. The fourth-order valence-corrected chi connectivity index (χ4v) is 3.02. The van der Waals surface area contributed by atoms with E-state index in [2.05, 4.69) is 10.2 Å². The van der Waals surface area contributed by atoms with Gasteiger partial charge in [-0.3, -0.25) is 0 Å². The van der Waals surface area contributed by atoms with E-state index in [0.717, 1.165) is 16.8 Å². The summed E-state index contributed by atoms with van der Waals surface area (Å²) in [5.41, 5.74) is 3.88. The van der Waals surface area contributed by atoms with Crippen molar-refractivity contribution in [2.24, 2.45) is 10.2 Å². The highest BCUT2D eigenvalue weighted by atomic mass is 16.5. The number of carbonyl (C=O) groups excluding carboxylic acids is 1. The summed E-state index contributed by atoms with van der Waals surface area (Å²) in [7, 11) is 0. The van der Waals surface area contributed by atoms with Crippen LogP contribution >= 0.6 is 0 Å². The lowest BCUT2D eigenvalue weighted by atomic mass is 9.96. The minimum Gasteiger partial charge on any atom is -0.452 e. The van der Waals surface area contributed by atoms with Gasteiger partial charge in [0.15, 0.2) is 6.10 Å². The highest BCUT2D eigenvalue weighted by Gasteiger charge is 2.28. The van der Waals surface area contributed by atoms with Gasteiger partial charge in [-0.1, -0.05) is 78.9 Å². The fourth-order valence-electron chi connectivity index (χ4n) is 3.02. The van der Waals surface area contributed by atoms with Gasteiger partial charge in [-0.15, -0.1) is 0 Å². The molecule has 0 saturated carbocycles. The second-order valence-corrected chi connectivity index (χ2v) is 6.23.